The molecule has 0 saturated heterocycles. The molecule has 2 heterocycles. The first kappa shape index (κ1) is 12.4. The molecule has 0 unspecified atom stereocenters. The summed E-state index contributed by atoms with van der Waals surface area (Å²) in [7, 11) is 2.07. The molecular formula is C16H16N4. The summed E-state index contributed by atoms with van der Waals surface area (Å²) in [5, 5.41) is 1.07. The molecule has 0 aliphatic heterocycles. The topological polar surface area (TPSA) is 55.0 Å². The van der Waals surface area contributed by atoms with Crippen molar-refractivity contribution >= 4 is 22.3 Å². The van der Waals surface area contributed by atoms with Crippen molar-refractivity contribution in [3.63, 3.8) is 0 Å². The van der Waals surface area contributed by atoms with Gasteiger partial charge in [0.1, 0.15) is 0 Å². The SMILES string of the molecule is CN(Cc1ccncc1)c1ccnc2c(N)cccc12. The number of anilines is 2. The van der Waals surface area contributed by atoms with Gasteiger partial charge in [-0.15, -0.1) is 0 Å². The number of benzene rings is 1. The van der Waals surface area contributed by atoms with Crippen molar-refractivity contribution in [3.05, 3.63) is 60.6 Å². The Morgan fingerprint density at radius 3 is 2.65 bits per heavy atom. The second-order valence-corrected chi connectivity index (χ2v) is 4.79. The molecule has 0 aliphatic rings. The van der Waals surface area contributed by atoms with Crippen LogP contribution >= 0.6 is 0 Å². The average Bonchev–Trinajstić information content (AvgIpc) is 2.48. The number of nitrogen functional groups attached to an aromatic ring is 1. The summed E-state index contributed by atoms with van der Waals surface area (Å²) in [6.45, 7) is 0.816. The van der Waals surface area contributed by atoms with Crippen molar-refractivity contribution in [3.8, 4) is 0 Å². The number of nitrogens with two attached hydrogens (primary N) is 1. The van der Waals surface area contributed by atoms with Crippen molar-refractivity contribution < 1.29 is 0 Å². The Kier molecular flexibility index (Phi) is 3.21. The van der Waals surface area contributed by atoms with Gasteiger partial charge in [-0.05, 0) is 29.8 Å². The molecule has 0 spiro atoms. The first-order valence-corrected chi connectivity index (χ1v) is 6.49. The van der Waals surface area contributed by atoms with Crippen LogP contribution in [0.5, 0.6) is 0 Å². The van der Waals surface area contributed by atoms with E-state index in [2.05, 4.69) is 28.0 Å². The van der Waals surface area contributed by atoms with Gasteiger partial charge in [0, 0.05) is 43.3 Å². The molecule has 0 bridgehead atoms. The van der Waals surface area contributed by atoms with Gasteiger partial charge in [-0.3, -0.25) is 9.97 Å². The maximum Gasteiger partial charge on any atom is 0.0951 e. The molecule has 0 saturated carbocycles. The van der Waals surface area contributed by atoms with Crippen LogP contribution in [0, 0.1) is 0 Å². The Bertz CT molecular complexity index is 725. The average molecular weight is 264 g/mol. The molecule has 4 heteroatoms. The Hall–Kier alpha value is -2.62. The summed E-state index contributed by atoms with van der Waals surface area (Å²) < 4.78 is 0. The maximum atomic E-state index is 5.99. The minimum atomic E-state index is 0.710. The lowest BCUT2D eigenvalue weighted by Crippen LogP contribution is -2.16. The number of fused-ring (bicyclic) bond motifs is 1. The van der Waals surface area contributed by atoms with Gasteiger partial charge in [-0.1, -0.05) is 12.1 Å². The molecule has 2 aromatic heterocycles. The minimum absolute atomic E-state index is 0.710. The molecule has 100 valence electrons. The molecule has 2 N–H and O–H groups in total. The van der Waals surface area contributed by atoms with Crippen LogP contribution in [0.4, 0.5) is 11.4 Å². The third-order valence-electron chi connectivity index (χ3n) is 3.36. The third-order valence-corrected chi connectivity index (χ3v) is 3.36. The fraction of sp³-hybridized carbons (Fsp3) is 0.125. The van der Waals surface area contributed by atoms with Gasteiger partial charge in [0.25, 0.3) is 0 Å². The molecule has 1 aromatic carbocycles. The minimum Gasteiger partial charge on any atom is -0.397 e. The third kappa shape index (κ3) is 2.28. The zero-order chi connectivity index (χ0) is 13.9. The van der Waals surface area contributed by atoms with Crippen molar-refractivity contribution in [2.75, 3.05) is 17.7 Å². The number of aromatic nitrogens is 2. The first-order chi connectivity index (χ1) is 9.75. The van der Waals surface area contributed by atoms with E-state index in [0.29, 0.717) is 5.69 Å². The largest absolute Gasteiger partial charge is 0.397 e. The van der Waals surface area contributed by atoms with Gasteiger partial charge in [0.05, 0.1) is 11.2 Å². The normalized spacial score (nSPS) is 10.7. The lowest BCUT2D eigenvalue weighted by molar-refractivity contribution is 0.923. The number of para-hydroxylation sites is 1. The van der Waals surface area contributed by atoms with E-state index in [1.54, 1.807) is 6.20 Å². The van der Waals surface area contributed by atoms with Crippen LogP contribution in [0.1, 0.15) is 5.56 Å². The van der Waals surface area contributed by atoms with Crippen molar-refractivity contribution in [2.24, 2.45) is 0 Å². The highest BCUT2D eigenvalue weighted by atomic mass is 15.1. The highest BCUT2D eigenvalue weighted by Gasteiger charge is 2.08. The summed E-state index contributed by atoms with van der Waals surface area (Å²) in [5.74, 6) is 0. The summed E-state index contributed by atoms with van der Waals surface area (Å²) >= 11 is 0. The zero-order valence-electron chi connectivity index (χ0n) is 11.3. The molecule has 0 aliphatic carbocycles. The predicted octanol–water partition coefficient (Wildman–Crippen LogP) is 2.85. The number of rotatable bonds is 3. The first-order valence-electron chi connectivity index (χ1n) is 6.49. The molecular weight excluding hydrogens is 248 g/mol. The Morgan fingerprint density at radius 1 is 1.05 bits per heavy atom. The number of pyridine rings is 2. The van der Waals surface area contributed by atoms with Crippen LogP contribution in [-0.2, 0) is 6.54 Å². The lowest BCUT2D eigenvalue weighted by Gasteiger charge is -2.21. The van der Waals surface area contributed by atoms with E-state index in [1.165, 1.54) is 5.56 Å². The molecule has 0 radical (unpaired) electrons. The van der Waals surface area contributed by atoms with E-state index in [9.17, 15) is 0 Å². The van der Waals surface area contributed by atoms with E-state index in [-0.39, 0.29) is 0 Å². The summed E-state index contributed by atoms with van der Waals surface area (Å²) in [6.07, 6.45) is 5.43. The van der Waals surface area contributed by atoms with Gasteiger partial charge < -0.3 is 10.6 Å². The van der Waals surface area contributed by atoms with Gasteiger partial charge in [0.2, 0.25) is 0 Å². The van der Waals surface area contributed by atoms with Crippen molar-refractivity contribution in [1.29, 1.82) is 0 Å². The highest BCUT2D eigenvalue weighted by Crippen LogP contribution is 2.28. The smallest absolute Gasteiger partial charge is 0.0951 e. The van der Waals surface area contributed by atoms with Gasteiger partial charge in [-0.25, -0.2) is 0 Å². The number of nitrogens with zero attached hydrogens (tertiary/aromatic N) is 3. The Balaban J connectivity index is 2.00. The van der Waals surface area contributed by atoms with Crippen molar-refractivity contribution in [2.45, 2.75) is 6.54 Å². The second-order valence-electron chi connectivity index (χ2n) is 4.79. The van der Waals surface area contributed by atoms with Gasteiger partial charge in [0.15, 0.2) is 0 Å². The number of hydrogen-bond donors (Lipinski definition) is 1. The number of hydrogen-bond acceptors (Lipinski definition) is 4. The molecule has 20 heavy (non-hydrogen) atoms. The molecule has 4 nitrogen and oxygen atoms in total. The van der Waals surface area contributed by atoms with E-state index in [4.69, 9.17) is 5.73 Å². The van der Waals surface area contributed by atoms with Crippen LogP contribution in [-0.4, -0.2) is 17.0 Å². The monoisotopic (exact) mass is 264 g/mol. The molecule has 0 fully saturated rings. The van der Waals surface area contributed by atoms with Crippen LogP contribution in [0.2, 0.25) is 0 Å². The van der Waals surface area contributed by atoms with Crippen LogP contribution in [0.15, 0.2) is 55.0 Å². The lowest BCUT2D eigenvalue weighted by atomic mass is 10.1. The molecule has 0 atom stereocenters. The fourth-order valence-electron chi connectivity index (χ4n) is 2.36. The van der Waals surface area contributed by atoms with Gasteiger partial charge >= 0.3 is 0 Å². The second kappa shape index (κ2) is 5.17. The molecule has 3 rings (SSSR count). The van der Waals surface area contributed by atoms with E-state index >= 15 is 0 Å². The Labute approximate surface area is 117 Å². The summed E-state index contributed by atoms with van der Waals surface area (Å²) in [6, 6.07) is 12.0. The highest BCUT2D eigenvalue weighted by molar-refractivity contribution is 5.97. The van der Waals surface area contributed by atoms with E-state index in [1.807, 2.05) is 42.7 Å². The van der Waals surface area contributed by atoms with Crippen molar-refractivity contribution in [1.82, 2.24) is 9.97 Å². The van der Waals surface area contributed by atoms with E-state index < -0.39 is 0 Å². The quantitative estimate of drug-likeness (QED) is 0.739. The maximum absolute atomic E-state index is 5.99. The molecule has 0 amide bonds. The summed E-state index contributed by atoms with van der Waals surface area (Å²) in [4.78, 5) is 10.6. The Morgan fingerprint density at radius 2 is 1.85 bits per heavy atom. The van der Waals surface area contributed by atoms with E-state index in [0.717, 1.165) is 23.1 Å². The van der Waals surface area contributed by atoms with Crippen LogP contribution in [0.3, 0.4) is 0 Å². The summed E-state index contributed by atoms with van der Waals surface area (Å²) in [5.41, 5.74) is 9.89. The van der Waals surface area contributed by atoms with Crippen LogP contribution < -0.4 is 10.6 Å². The zero-order valence-corrected chi connectivity index (χ0v) is 11.3. The predicted molar refractivity (Wildman–Crippen MR) is 82.5 cm³/mol. The van der Waals surface area contributed by atoms with Crippen LogP contribution in [0.25, 0.3) is 10.9 Å². The molecule has 3 aromatic rings. The standard InChI is InChI=1S/C16H16N4/c1-20(11-12-5-8-18-9-6-12)15-7-10-19-16-13(15)3-2-4-14(16)17/h2-10H,11,17H2,1H3. The fourth-order valence-corrected chi connectivity index (χ4v) is 2.36. The van der Waals surface area contributed by atoms with Gasteiger partial charge in [-0.2, -0.15) is 0 Å².